The Hall–Kier alpha value is -2.23. The first-order valence-corrected chi connectivity index (χ1v) is 11.9. The Balaban J connectivity index is 1.41. The van der Waals surface area contributed by atoms with E-state index in [0.29, 0.717) is 6.04 Å². The Labute approximate surface area is 180 Å². The van der Waals surface area contributed by atoms with Crippen molar-refractivity contribution in [2.24, 2.45) is 0 Å². The minimum absolute atomic E-state index is 0.642. The molecule has 0 amide bonds. The second-order valence-electron chi connectivity index (χ2n) is 7.93. The van der Waals surface area contributed by atoms with Crippen LogP contribution in [0.25, 0.3) is 16.9 Å². The van der Waals surface area contributed by atoms with Gasteiger partial charge in [-0.1, -0.05) is 6.92 Å². The predicted octanol–water partition coefficient (Wildman–Crippen LogP) is 3.00. The van der Waals surface area contributed by atoms with Gasteiger partial charge in [-0.15, -0.1) is 0 Å². The smallest absolute Gasteiger partial charge is 0.229 e. The molecule has 5 heterocycles. The molecule has 30 heavy (non-hydrogen) atoms. The fraction of sp³-hybridized carbons (Fsp3) is 0.571. The lowest BCUT2D eigenvalue weighted by Crippen LogP contribution is -2.49. The number of ether oxygens (including phenoxy) is 1. The number of rotatable bonds is 6. The monoisotopic (exact) mass is 427 g/mol. The summed E-state index contributed by atoms with van der Waals surface area (Å²) in [6.07, 6.45) is 5.18. The fourth-order valence-corrected chi connectivity index (χ4v) is 4.98. The molecule has 1 N–H and O–H groups in total. The molecule has 2 aliphatic rings. The van der Waals surface area contributed by atoms with Crippen molar-refractivity contribution in [1.29, 1.82) is 0 Å². The molecule has 0 spiro atoms. The number of aromatic nitrogens is 4. The van der Waals surface area contributed by atoms with Crippen LogP contribution in [0.3, 0.4) is 0 Å². The van der Waals surface area contributed by atoms with E-state index in [1.807, 2.05) is 6.33 Å². The lowest BCUT2D eigenvalue weighted by molar-refractivity contribution is 0.0114. The number of thiophene rings is 1. The topological polar surface area (TPSA) is 71.3 Å². The van der Waals surface area contributed by atoms with Crippen molar-refractivity contribution >= 4 is 34.3 Å². The van der Waals surface area contributed by atoms with Gasteiger partial charge >= 0.3 is 0 Å². The molecular formula is C21H29N7OS. The molecule has 0 aromatic carbocycles. The molecule has 3 aromatic rings. The maximum Gasteiger partial charge on any atom is 0.229 e. The first-order valence-electron chi connectivity index (χ1n) is 10.9. The summed E-state index contributed by atoms with van der Waals surface area (Å²) in [6.45, 7) is 8.82. The molecule has 3 aromatic heterocycles. The second-order valence-corrected chi connectivity index (χ2v) is 8.71. The molecule has 0 unspecified atom stereocenters. The number of fused-ring (bicyclic) bond motifs is 1. The highest BCUT2D eigenvalue weighted by molar-refractivity contribution is 7.08. The quantitative estimate of drug-likeness (QED) is 0.648. The van der Waals surface area contributed by atoms with Crippen molar-refractivity contribution in [3.8, 4) is 5.69 Å². The highest BCUT2D eigenvalue weighted by Crippen LogP contribution is 2.28. The minimum atomic E-state index is 0.642. The maximum atomic E-state index is 5.51. The number of piperidine rings is 1. The number of anilines is 2. The molecule has 0 atom stereocenters. The molecular weight excluding hydrogens is 398 g/mol. The number of imidazole rings is 1. The zero-order chi connectivity index (χ0) is 20.3. The van der Waals surface area contributed by atoms with Gasteiger partial charge in [0.2, 0.25) is 5.95 Å². The van der Waals surface area contributed by atoms with Crippen LogP contribution >= 0.6 is 11.3 Å². The lowest BCUT2D eigenvalue weighted by atomic mass is 10.0. The van der Waals surface area contributed by atoms with Crippen LogP contribution in [-0.4, -0.2) is 76.4 Å². The van der Waals surface area contributed by atoms with Gasteiger partial charge < -0.3 is 15.0 Å². The third-order valence-corrected chi connectivity index (χ3v) is 6.69. The lowest BCUT2D eigenvalue weighted by Gasteiger charge is -2.40. The van der Waals surface area contributed by atoms with Crippen molar-refractivity contribution in [3.05, 3.63) is 23.2 Å². The van der Waals surface area contributed by atoms with Gasteiger partial charge in [0, 0.05) is 44.1 Å². The van der Waals surface area contributed by atoms with Crippen LogP contribution < -0.4 is 10.2 Å². The predicted molar refractivity (Wildman–Crippen MR) is 121 cm³/mol. The summed E-state index contributed by atoms with van der Waals surface area (Å²) in [6, 6.07) is 2.74. The summed E-state index contributed by atoms with van der Waals surface area (Å²) >= 11 is 1.68. The molecule has 2 aliphatic heterocycles. The Kier molecular flexibility index (Phi) is 5.83. The van der Waals surface area contributed by atoms with Crippen LogP contribution in [0, 0.1) is 0 Å². The van der Waals surface area contributed by atoms with Crippen LogP contribution in [0.5, 0.6) is 0 Å². The normalized spacial score (nSPS) is 18.9. The van der Waals surface area contributed by atoms with Crippen molar-refractivity contribution < 1.29 is 4.74 Å². The molecule has 160 valence electrons. The van der Waals surface area contributed by atoms with Gasteiger partial charge in [-0.25, -0.2) is 4.98 Å². The van der Waals surface area contributed by atoms with E-state index in [2.05, 4.69) is 48.4 Å². The number of morpholine rings is 1. The highest BCUT2D eigenvalue weighted by Gasteiger charge is 2.27. The molecule has 0 saturated carbocycles. The summed E-state index contributed by atoms with van der Waals surface area (Å²) in [5.74, 6) is 1.64. The number of hydrogen-bond donors (Lipinski definition) is 1. The average molecular weight is 428 g/mol. The fourth-order valence-electron chi connectivity index (χ4n) is 4.35. The van der Waals surface area contributed by atoms with E-state index < -0.39 is 0 Å². The molecule has 9 heteroatoms. The van der Waals surface area contributed by atoms with Crippen molar-refractivity contribution in [3.63, 3.8) is 0 Å². The average Bonchev–Trinajstić information content (AvgIpc) is 3.48. The first kappa shape index (κ1) is 19.7. The summed E-state index contributed by atoms with van der Waals surface area (Å²) in [7, 11) is 0. The Morgan fingerprint density at radius 1 is 1.17 bits per heavy atom. The zero-order valence-electron chi connectivity index (χ0n) is 17.5. The summed E-state index contributed by atoms with van der Waals surface area (Å²) in [5.41, 5.74) is 2.80. The molecule has 2 saturated heterocycles. The van der Waals surface area contributed by atoms with Crippen LogP contribution in [0.2, 0.25) is 0 Å². The molecule has 2 fully saturated rings. The SMILES string of the molecule is CCCNc1nc(N2CCC(N3CCOCC3)CC2)nc2c1ncn2-c1ccsc1. The standard InChI is InChI=1S/C21H29N7OS/c1-2-6-22-19-18-20(28(15-23-18)17-5-13-30-14-17)25-21(24-19)27-7-3-16(4-8-27)26-9-11-29-12-10-26/h5,13-16H,2-4,6-12H2,1H3,(H,22,24,25). The van der Waals surface area contributed by atoms with Gasteiger partial charge in [-0.3, -0.25) is 9.47 Å². The first-order chi connectivity index (χ1) is 14.8. The number of nitrogens with one attached hydrogen (secondary N) is 1. The molecule has 0 bridgehead atoms. The molecule has 5 rings (SSSR count). The van der Waals surface area contributed by atoms with Gasteiger partial charge in [0.1, 0.15) is 6.33 Å². The minimum Gasteiger partial charge on any atom is -0.379 e. The number of hydrogen-bond acceptors (Lipinski definition) is 8. The van der Waals surface area contributed by atoms with E-state index in [1.54, 1.807) is 11.3 Å². The van der Waals surface area contributed by atoms with E-state index in [1.165, 1.54) is 0 Å². The van der Waals surface area contributed by atoms with E-state index in [0.717, 1.165) is 93.8 Å². The van der Waals surface area contributed by atoms with Crippen LogP contribution in [-0.2, 0) is 4.74 Å². The van der Waals surface area contributed by atoms with Crippen molar-refractivity contribution in [1.82, 2.24) is 24.4 Å². The Morgan fingerprint density at radius 2 is 2.00 bits per heavy atom. The van der Waals surface area contributed by atoms with Gasteiger partial charge in [0.15, 0.2) is 17.0 Å². The molecule has 0 radical (unpaired) electrons. The summed E-state index contributed by atoms with van der Waals surface area (Å²) in [4.78, 5) is 19.4. The van der Waals surface area contributed by atoms with Gasteiger partial charge in [-0.05, 0) is 30.7 Å². The van der Waals surface area contributed by atoms with E-state index in [4.69, 9.17) is 14.7 Å². The third-order valence-electron chi connectivity index (χ3n) is 6.02. The highest BCUT2D eigenvalue weighted by atomic mass is 32.1. The van der Waals surface area contributed by atoms with E-state index in [-0.39, 0.29) is 0 Å². The van der Waals surface area contributed by atoms with Gasteiger partial charge in [0.05, 0.1) is 18.9 Å². The summed E-state index contributed by atoms with van der Waals surface area (Å²) < 4.78 is 7.58. The van der Waals surface area contributed by atoms with Gasteiger partial charge in [0.25, 0.3) is 0 Å². The second kappa shape index (κ2) is 8.87. The molecule has 8 nitrogen and oxygen atoms in total. The number of nitrogens with zero attached hydrogens (tertiary/aromatic N) is 6. The Morgan fingerprint density at radius 3 is 2.73 bits per heavy atom. The zero-order valence-corrected chi connectivity index (χ0v) is 18.3. The van der Waals surface area contributed by atoms with Crippen molar-refractivity contribution in [2.45, 2.75) is 32.2 Å². The Bertz CT molecular complexity index is 959. The van der Waals surface area contributed by atoms with Crippen LogP contribution in [0.1, 0.15) is 26.2 Å². The third kappa shape index (κ3) is 3.89. The van der Waals surface area contributed by atoms with Crippen LogP contribution in [0.15, 0.2) is 23.2 Å². The van der Waals surface area contributed by atoms with Crippen molar-refractivity contribution in [2.75, 3.05) is 56.2 Å². The molecule has 0 aliphatic carbocycles. The maximum absolute atomic E-state index is 5.51. The van der Waals surface area contributed by atoms with E-state index >= 15 is 0 Å². The van der Waals surface area contributed by atoms with Gasteiger partial charge in [-0.2, -0.15) is 21.3 Å². The van der Waals surface area contributed by atoms with E-state index in [9.17, 15) is 0 Å². The van der Waals surface area contributed by atoms with Crippen LogP contribution in [0.4, 0.5) is 11.8 Å². The summed E-state index contributed by atoms with van der Waals surface area (Å²) in [5, 5.41) is 7.66. The largest absolute Gasteiger partial charge is 0.379 e.